The molecule has 0 spiro atoms. The van der Waals surface area contributed by atoms with Gasteiger partial charge in [-0.25, -0.2) is 4.98 Å². The normalized spacial score (nSPS) is 13.0. The van der Waals surface area contributed by atoms with Crippen LogP contribution in [-0.4, -0.2) is 29.5 Å². The van der Waals surface area contributed by atoms with Crippen LogP contribution in [0, 0.1) is 6.92 Å². The Hall–Kier alpha value is -3.41. The summed E-state index contributed by atoms with van der Waals surface area (Å²) in [6.45, 7) is 7.01. The fourth-order valence-electron chi connectivity index (χ4n) is 3.53. The van der Waals surface area contributed by atoms with Gasteiger partial charge in [0.2, 0.25) is 12.4 Å². The molecule has 2 heterocycles. The van der Waals surface area contributed by atoms with Crippen molar-refractivity contribution in [3.05, 3.63) is 77.5 Å². The van der Waals surface area contributed by atoms with Crippen molar-refractivity contribution in [1.82, 2.24) is 15.3 Å². The molecular weight excluding hydrogens is 398 g/mol. The smallest absolute Gasteiger partial charge is 0.229 e. The van der Waals surface area contributed by atoms with Crippen LogP contribution in [0.25, 0.3) is 0 Å². The summed E-state index contributed by atoms with van der Waals surface area (Å²) in [5.41, 5.74) is 4.73. The van der Waals surface area contributed by atoms with Gasteiger partial charge in [0.15, 0.2) is 0 Å². The van der Waals surface area contributed by atoms with Crippen LogP contribution in [0.4, 0.5) is 17.5 Å². The first-order valence-corrected chi connectivity index (χ1v) is 11.3. The quantitative estimate of drug-likeness (QED) is 0.515. The Bertz CT molecular complexity index is 951. The lowest BCUT2D eigenvalue weighted by atomic mass is 10.1. The molecule has 4 rings (SSSR count). The van der Waals surface area contributed by atoms with Crippen molar-refractivity contribution in [3.8, 4) is 0 Å². The summed E-state index contributed by atoms with van der Waals surface area (Å²) in [7, 11) is 0. The average molecular weight is 432 g/mol. The van der Waals surface area contributed by atoms with Crippen molar-refractivity contribution in [2.24, 2.45) is 0 Å². The molecule has 0 radical (unpaired) electrons. The number of benzene rings is 2. The van der Waals surface area contributed by atoms with E-state index in [1.54, 1.807) is 0 Å². The number of hydrogen-bond donors (Lipinski definition) is 2. The van der Waals surface area contributed by atoms with Crippen LogP contribution in [0.5, 0.6) is 0 Å². The first kappa shape index (κ1) is 23.3. The number of piperidine rings is 1. The van der Waals surface area contributed by atoms with Crippen LogP contribution in [0.15, 0.2) is 60.8 Å². The van der Waals surface area contributed by atoms with Gasteiger partial charge in [-0.1, -0.05) is 48.9 Å². The number of nitrogens with zero attached hydrogens (tertiary/aromatic N) is 3. The summed E-state index contributed by atoms with van der Waals surface area (Å²) >= 11 is 0. The Morgan fingerprint density at radius 2 is 1.62 bits per heavy atom. The molecule has 0 bridgehead atoms. The molecule has 2 N–H and O–H groups in total. The summed E-state index contributed by atoms with van der Waals surface area (Å²) < 4.78 is 0. The molecule has 0 unspecified atom stereocenters. The molecule has 1 saturated heterocycles. The summed E-state index contributed by atoms with van der Waals surface area (Å²) in [6.07, 6.45) is 7.44. The molecule has 2 aromatic carbocycles. The standard InChI is InChI=1S/C17H22N4.C9H11NO/c1-2-14-6-8-15(9-7-14)19-17-18-11-10-16(20-17)21-12-4-3-5-13-21;1-8-2-4-9(5-3-8)6-10-7-11/h6-11H,2-5,12-13H2,1H3,(H,18,19,20);2-5,7H,6H2,1H3,(H,10,11). The SMILES string of the molecule is CCc1ccc(Nc2nccc(N3CCCCC3)n2)cc1.Cc1ccc(CNC=O)cc1. The van der Waals surface area contributed by atoms with Gasteiger partial charge in [-0.3, -0.25) is 4.79 Å². The van der Waals surface area contributed by atoms with Crippen LogP contribution in [0.2, 0.25) is 0 Å². The summed E-state index contributed by atoms with van der Waals surface area (Å²) in [5.74, 6) is 1.69. The van der Waals surface area contributed by atoms with Gasteiger partial charge >= 0.3 is 0 Å². The van der Waals surface area contributed by atoms with E-state index in [0.717, 1.165) is 36.6 Å². The Morgan fingerprint density at radius 1 is 0.938 bits per heavy atom. The third-order valence-electron chi connectivity index (χ3n) is 5.45. The monoisotopic (exact) mass is 431 g/mol. The topological polar surface area (TPSA) is 70.2 Å². The minimum atomic E-state index is 0.615. The van der Waals surface area contributed by atoms with Crippen molar-refractivity contribution >= 4 is 23.9 Å². The number of rotatable bonds is 7. The number of aromatic nitrogens is 2. The van der Waals surface area contributed by atoms with E-state index in [1.807, 2.05) is 43.5 Å². The van der Waals surface area contributed by atoms with Gasteiger partial charge in [-0.2, -0.15) is 4.98 Å². The van der Waals surface area contributed by atoms with Gasteiger partial charge < -0.3 is 15.5 Å². The van der Waals surface area contributed by atoms with E-state index in [4.69, 9.17) is 0 Å². The van der Waals surface area contributed by atoms with Gasteiger partial charge in [-0.15, -0.1) is 0 Å². The molecule has 1 aliphatic heterocycles. The van der Waals surface area contributed by atoms with Crippen molar-refractivity contribution < 1.29 is 4.79 Å². The Kier molecular flexibility index (Phi) is 9.05. The van der Waals surface area contributed by atoms with Crippen LogP contribution in [-0.2, 0) is 17.8 Å². The molecule has 6 heteroatoms. The molecule has 3 aromatic rings. The number of anilines is 3. The van der Waals surface area contributed by atoms with E-state index in [9.17, 15) is 4.79 Å². The third kappa shape index (κ3) is 7.38. The zero-order valence-corrected chi connectivity index (χ0v) is 19.1. The van der Waals surface area contributed by atoms with Gasteiger partial charge in [0.25, 0.3) is 0 Å². The predicted octanol–water partition coefficient (Wildman–Crippen LogP) is 5.01. The van der Waals surface area contributed by atoms with Gasteiger partial charge in [0.1, 0.15) is 5.82 Å². The van der Waals surface area contributed by atoms with Crippen LogP contribution < -0.4 is 15.5 Å². The van der Waals surface area contributed by atoms with Crippen LogP contribution in [0.3, 0.4) is 0 Å². The molecule has 0 saturated carbocycles. The fourth-order valence-corrected chi connectivity index (χ4v) is 3.53. The molecule has 1 amide bonds. The largest absolute Gasteiger partial charge is 0.356 e. The van der Waals surface area contributed by atoms with Crippen molar-refractivity contribution in [3.63, 3.8) is 0 Å². The number of aryl methyl sites for hydroxylation is 2. The molecule has 168 valence electrons. The second-order valence-corrected chi connectivity index (χ2v) is 7.95. The highest BCUT2D eigenvalue weighted by molar-refractivity contribution is 5.55. The first-order valence-electron chi connectivity index (χ1n) is 11.3. The first-order chi connectivity index (χ1) is 15.7. The molecule has 1 aliphatic rings. The highest BCUT2D eigenvalue weighted by Crippen LogP contribution is 2.20. The number of amides is 1. The van der Waals surface area contributed by atoms with Crippen LogP contribution in [0.1, 0.15) is 42.9 Å². The van der Waals surface area contributed by atoms with Gasteiger partial charge in [-0.05, 0) is 61.9 Å². The van der Waals surface area contributed by atoms with E-state index in [0.29, 0.717) is 18.9 Å². The molecule has 0 atom stereocenters. The highest BCUT2D eigenvalue weighted by Gasteiger charge is 2.12. The Labute approximate surface area is 191 Å². The van der Waals surface area contributed by atoms with Crippen LogP contribution >= 0.6 is 0 Å². The third-order valence-corrected chi connectivity index (χ3v) is 5.45. The molecule has 6 nitrogen and oxygen atoms in total. The van der Waals surface area contributed by atoms with Gasteiger partial charge in [0, 0.05) is 31.5 Å². The predicted molar refractivity (Wildman–Crippen MR) is 131 cm³/mol. The maximum absolute atomic E-state index is 9.93. The number of nitrogens with one attached hydrogen (secondary N) is 2. The molecule has 32 heavy (non-hydrogen) atoms. The second kappa shape index (κ2) is 12.4. The molecule has 1 fully saturated rings. The van der Waals surface area contributed by atoms with Crippen molar-refractivity contribution in [1.29, 1.82) is 0 Å². The number of carbonyl (C=O) groups excluding carboxylic acids is 1. The van der Waals surface area contributed by atoms with E-state index < -0.39 is 0 Å². The van der Waals surface area contributed by atoms with Crippen molar-refractivity contribution in [2.45, 2.75) is 46.1 Å². The summed E-state index contributed by atoms with van der Waals surface area (Å²) in [4.78, 5) is 21.2. The zero-order chi connectivity index (χ0) is 22.6. The van der Waals surface area contributed by atoms with E-state index >= 15 is 0 Å². The lowest BCUT2D eigenvalue weighted by Crippen LogP contribution is -2.30. The second-order valence-electron chi connectivity index (χ2n) is 7.95. The molecule has 0 aliphatic carbocycles. The average Bonchev–Trinajstić information content (AvgIpc) is 2.85. The minimum absolute atomic E-state index is 0.615. The fraction of sp³-hybridized carbons (Fsp3) is 0.346. The molecular formula is C26H33N5O. The minimum Gasteiger partial charge on any atom is -0.356 e. The van der Waals surface area contributed by atoms with Crippen molar-refractivity contribution in [2.75, 3.05) is 23.3 Å². The Morgan fingerprint density at radius 3 is 2.28 bits per heavy atom. The maximum atomic E-state index is 9.93. The zero-order valence-electron chi connectivity index (χ0n) is 19.1. The Balaban J connectivity index is 0.000000222. The summed E-state index contributed by atoms with van der Waals surface area (Å²) in [6, 6.07) is 18.5. The lowest BCUT2D eigenvalue weighted by Gasteiger charge is -2.27. The summed E-state index contributed by atoms with van der Waals surface area (Å²) in [5, 5.41) is 5.89. The molecule has 1 aromatic heterocycles. The highest BCUT2D eigenvalue weighted by atomic mass is 16.1. The number of carbonyl (C=O) groups is 1. The van der Waals surface area contributed by atoms with E-state index in [1.165, 1.54) is 30.4 Å². The lowest BCUT2D eigenvalue weighted by molar-refractivity contribution is -0.109. The van der Waals surface area contributed by atoms with E-state index in [2.05, 4.69) is 56.7 Å². The number of hydrogen-bond acceptors (Lipinski definition) is 5. The van der Waals surface area contributed by atoms with Gasteiger partial charge in [0.05, 0.1) is 0 Å². The van der Waals surface area contributed by atoms with E-state index in [-0.39, 0.29) is 0 Å². The maximum Gasteiger partial charge on any atom is 0.229 e.